The van der Waals surface area contributed by atoms with Crippen molar-refractivity contribution in [1.29, 1.82) is 0 Å². The highest BCUT2D eigenvalue weighted by molar-refractivity contribution is 6.33. The van der Waals surface area contributed by atoms with E-state index in [0.717, 1.165) is 28.5 Å². The van der Waals surface area contributed by atoms with E-state index in [1.807, 2.05) is 18.2 Å². The van der Waals surface area contributed by atoms with Gasteiger partial charge in [-0.3, -0.25) is 11.3 Å². The topological polar surface area (TPSA) is 38.0 Å². The van der Waals surface area contributed by atoms with Crippen molar-refractivity contribution in [3.63, 3.8) is 0 Å². The summed E-state index contributed by atoms with van der Waals surface area (Å²) < 4.78 is 0. The summed E-state index contributed by atoms with van der Waals surface area (Å²) in [7, 11) is 0. The second-order valence-electron chi connectivity index (χ2n) is 5.01. The number of unbranched alkanes of at least 4 members (excludes halogenated alkanes) is 4. The molecule has 0 radical (unpaired) electrons. The average Bonchev–Trinajstić information content (AvgIpc) is 2.41. The van der Waals surface area contributed by atoms with Crippen molar-refractivity contribution in [2.75, 3.05) is 0 Å². The van der Waals surface area contributed by atoms with Crippen molar-refractivity contribution < 1.29 is 0 Å². The SMILES string of the molecule is CCCCCCCC(Cc1cc(Cl)ccc1Cl)NN. The van der Waals surface area contributed by atoms with E-state index < -0.39 is 0 Å². The van der Waals surface area contributed by atoms with Gasteiger partial charge in [-0.05, 0) is 36.6 Å². The molecule has 19 heavy (non-hydrogen) atoms. The van der Waals surface area contributed by atoms with E-state index in [0.29, 0.717) is 0 Å². The normalized spacial score (nSPS) is 12.6. The van der Waals surface area contributed by atoms with Crippen LogP contribution in [0.2, 0.25) is 10.0 Å². The average molecular weight is 303 g/mol. The van der Waals surface area contributed by atoms with Crippen molar-refractivity contribution in [1.82, 2.24) is 5.43 Å². The Morgan fingerprint density at radius 3 is 2.58 bits per heavy atom. The van der Waals surface area contributed by atoms with Gasteiger partial charge in [-0.2, -0.15) is 0 Å². The van der Waals surface area contributed by atoms with Gasteiger partial charge >= 0.3 is 0 Å². The number of rotatable bonds is 9. The van der Waals surface area contributed by atoms with E-state index >= 15 is 0 Å². The van der Waals surface area contributed by atoms with Crippen molar-refractivity contribution in [2.24, 2.45) is 5.84 Å². The summed E-state index contributed by atoms with van der Waals surface area (Å²) in [5.41, 5.74) is 3.95. The number of nitrogens with one attached hydrogen (secondary N) is 1. The van der Waals surface area contributed by atoms with Crippen LogP contribution in [0.3, 0.4) is 0 Å². The van der Waals surface area contributed by atoms with E-state index in [1.165, 1.54) is 32.1 Å². The van der Waals surface area contributed by atoms with Crippen molar-refractivity contribution >= 4 is 23.2 Å². The third-order valence-electron chi connectivity index (χ3n) is 3.37. The second-order valence-corrected chi connectivity index (χ2v) is 5.85. The van der Waals surface area contributed by atoms with Crippen LogP contribution in [0.4, 0.5) is 0 Å². The van der Waals surface area contributed by atoms with Crippen LogP contribution in [0, 0.1) is 0 Å². The van der Waals surface area contributed by atoms with Crippen LogP contribution < -0.4 is 11.3 Å². The molecule has 0 fully saturated rings. The minimum atomic E-state index is 0.262. The Hall–Kier alpha value is -0.280. The van der Waals surface area contributed by atoms with Gasteiger partial charge in [-0.1, -0.05) is 62.2 Å². The largest absolute Gasteiger partial charge is 0.271 e. The third-order valence-corrected chi connectivity index (χ3v) is 3.97. The highest BCUT2D eigenvalue weighted by Gasteiger charge is 2.10. The van der Waals surface area contributed by atoms with Crippen LogP contribution >= 0.6 is 23.2 Å². The first-order chi connectivity index (χ1) is 9.17. The Bertz CT molecular complexity index is 369. The maximum absolute atomic E-state index is 6.17. The van der Waals surface area contributed by atoms with Gasteiger partial charge in [0.1, 0.15) is 0 Å². The number of halogens is 2. The van der Waals surface area contributed by atoms with Crippen molar-refractivity contribution in [2.45, 2.75) is 57.9 Å². The van der Waals surface area contributed by atoms with Gasteiger partial charge in [-0.25, -0.2) is 0 Å². The molecule has 1 aromatic rings. The van der Waals surface area contributed by atoms with Crippen molar-refractivity contribution in [3.8, 4) is 0 Å². The first-order valence-corrected chi connectivity index (χ1v) is 7.83. The zero-order chi connectivity index (χ0) is 14.1. The molecule has 0 aliphatic carbocycles. The molecule has 1 rings (SSSR count). The minimum absolute atomic E-state index is 0.262. The van der Waals surface area contributed by atoms with Crippen LogP contribution in [0.25, 0.3) is 0 Å². The number of hydrogen-bond acceptors (Lipinski definition) is 2. The highest BCUT2D eigenvalue weighted by atomic mass is 35.5. The minimum Gasteiger partial charge on any atom is -0.271 e. The summed E-state index contributed by atoms with van der Waals surface area (Å²) >= 11 is 12.2. The second kappa shape index (κ2) is 9.60. The lowest BCUT2D eigenvalue weighted by atomic mass is 10.0. The molecule has 1 aromatic carbocycles. The van der Waals surface area contributed by atoms with Gasteiger partial charge in [0.05, 0.1) is 0 Å². The zero-order valence-electron chi connectivity index (χ0n) is 11.6. The molecule has 0 saturated carbocycles. The van der Waals surface area contributed by atoms with Crippen LogP contribution in [-0.2, 0) is 6.42 Å². The van der Waals surface area contributed by atoms with E-state index in [-0.39, 0.29) is 6.04 Å². The Morgan fingerprint density at radius 1 is 1.16 bits per heavy atom. The Labute approximate surface area is 126 Å². The summed E-state index contributed by atoms with van der Waals surface area (Å²) in [4.78, 5) is 0. The van der Waals surface area contributed by atoms with Crippen LogP contribution in [0.1, 0.15) is 51.0 Å². The maximum Gasteiger partial charge on any atom is 0.0439 e. The van der Waals surface area contributed by atoms with Gasteiger partial charge in [-0.15, -0.1) is 0 Å². The lowest BCUT2D eigenvalue weighted by Gasteiger charge is -2.16. The molecule has 1 unspecified atom stereocenters. The molecule has 2 nitrogen and oxygen atoms in total. The van der Waals surface area contributed by atoms with Gasteiger partial charge in [0.2, 0.25) is 0 Å². The Morgan fingerprint density at radius 2 is 1.89 bits per heavy atom. The molecular weight excluding hydrogens is 279 g/mol. The van der Waals surface area contributed by atoms with E-state index in [4.69, 9.17) is 29.0 Å². The first kappa shape index (κ1) is 16.8. The molecule has 0 spiro atoms. The maximum atomic E-state index is 6.17. The molecule has 0 aromatic heterocycles. The summed E-state index contributed by atoms with van der Waals surface area (Å²) in [6.07, 6.45) is 8.28. The zero-order valence-corrected chi connectivity index (χ0v) is 13.1. The number of hydrazine groups is 1. The Kier molecular flexibility index (Phi) is 8.47. The highest BCUT2D eigenvalue weighted by Crippen LogP contribution is 2.22. The molecule has 4 heteroatoms. The molecule has 0 aliphatic heterocycles. The number of benzene rings is 1. The third kappa shape index (κ3) is 6.62. The molecule has 3 N–H and O–H groups in total. The van der Waals surface area contributed by atoms with E-state index in [1.54, 1.807) is 0 Å². The first-order valence-electron chi connectivity index (χ1n) is 7.07. The molecule has 0 amide bonds. The molecule has 0 heterocycles. The van der Waals surface area contributed by atoms with Crippen molar-refractivity contribution in [3.05, 3.63) is 33.8 Å². The Balaban J connectivity index is 2.41. The molecule has 108 valence electrons. The van der Waals surface area contributed by atoms with E-state index in [2.05, 4.69) is 12.3 Å². The van der Waals surface area contributed by atoms with Gasteiger partial charge in [0.15, 0.2) is 0 Å². The molecule has 0 aliphatic rings. The lowest BCUT2D eigenvalue weighted by molar-refractivity contribution is 0.461. The fourth-order valence-electron chi connectivity index (χ4n) is 2.20. The lowest BCUT2D eigenvalue weighted by Crippen LogP contribution is -2.36. The van der Waals surface area contributed by atoms with Crippen LogP contribution in [0.5, 0.6) is 0 Å². The summed E-state index contributed by atoms with van der Waals surface area (Å²) in [5, 5.41) is 1.48. The van der Waals surface area contributed by atoms with Gasteiger partial charge in [0.25, 0.3) is 0 Å². The molecule has 0 bridgehead atoms. The number of hydrogen-bond donors (Lipinski definition) is 2. The fraction of sp³-hybridized carbons (Fsp3) is 0.600. The fourth-order valence-corrected chi connectivity index (χ4v) is 2.59. The molecule has 0 saturated heterocycles. The summed E-state index contributed by atoms with van der Waals surface area (Å²) in [6.45, 7) is 2.23. The smallest absolute Gasteiger partial charge is 0.0439 e. The summed E-state index contributed by atoms with van der Waals surface area (Å²) in [6, 6.07) is 5.83. The predicted molar refractivity (Wildman–Crippen MR) is 84.7 cm³/mol. The predicted octanol–water partition coefficient (Wildman–Crippen LogP) is 4.73. The van der Waals surface area contributed by atoms with Gasteiger partial charge in [0, 0.05) is 16.1 Å². The summed E-state index contributed by atoms with van der Waals surface area (Å²) in [5.74, 6) is 5.62. The molecule has 1 atom stereocenters. The monoisotopic (exact) mass is 302 g/mol. The molecular formula is C15H24Cl2N2. The van der Waals surface area contributed by atoms with E-state index in [9.17, 15) is 0 Å². The van der Waals surface area contributed by atoms with Crippen LogP contribution in [-0.4, -0.2) is 6.04 Å². The quantitative estimate of drug-likeness (QED) is 0.393. The number of nitrogens with two attached hydrogens (primary N) is 1. The van der Waals surface area contributed by atoms with Gasteiger partial charge < -0.3 is 0 Å². The van der Waals surface area contributed by atoms with Crippen LogP contribution in [0.15, 0.2) is 18.2 Å². The standard InChI is InChI=1S/C15H24Cl2N2/c1-2-3-4-5-6-7-14(19-18)11-12-10-13(16)8-9-15(12)17/h8-10,14,19H,2-7,11,18H2,1H3.